The van der Waals surface area contributed by atoms with Gasteiger partial charge in [0, 0.05) is 56.9 Å². The largest absolute Gasteiger partial charge is 0.353 e. The van der Waals surface area contributed by atoms with Crippen molar-refractivity contribution in [1.29, 1.82) is 0 Å². The highest BCUT2D eigenvalue weighted by molar-refractivity contribution is 7.15. The number of aryl methyl sites for hydroxylation is 3. The van der Waals surface area contributed by atoms with E-state index in [0.717, 1.165) is 43.6 Å². The Bertz CT molecular complexity index is 711. The predicted molar refractivity (Wildman–Crippen MR) is 99.7 cm³/mol. The summed E-state index contributed by atoms with van der Waals surface area (Å²) in [6.07, 6.45) is 3.67. The molecule has 0 radical (unpaired) electrons. The lowest BCUT2D eigenvalue weighted by atomic mass is 10.3. The van der Waals surface area contributed by atoms with Crippen LogP contribution in [-0.2, 0) is 12.8 Å². The molecule has 0 atom stereocenters. The fraction of sp³-hybridized carbons (Fsp3) is 0.588. The predicted octanol–water partition coefficient (Wildman–Crippen LogP) is 2.12. The maximum absolute atomic E-state index is 4.86. The maximum Gasteiger partial charge on any atom is 0.226 e. The van der Waals surface area contributed by atoms with Crippen LogP contribution in [0.3, 0.4) is 0 Å². The lowest BCUT2D eigenvalue weighted by Gasteiger charge is -2.35. The molecule has 3 heterocycles. The van der Waals surface area contributed by atoms with E-state index in [1.165, 1.54) is 35.0 Å². The van der Waals surface area contributed by atoms with Crippen molar-refractivity contribution in [3.63, 3.8) is 0 Å². The average molecular weight is 344 g/mol. The van der Waals surface area contributed by atoms with Crippen LogP contribution >= 0.6 is 11.3 Å². The Hall–Kier alpha value is -1.89. The van der Waals surface area contributed by atoms with Crippen molar-refractivity contribution >= 4 is 28.2 Å². The van der Waals surface area contributed by atoms with E-state index >= 15 is 0 Å². The van der Waals surface area contributed by atoms with Crippen LogP contribution in [0.15, 0.2) is 6.07 Å². The van der Waals surface area contributed by atoms with Crippen molar-refractivity contribution < 1.29 is 0 Å². The van der Waals surface area contributed by atoms with Crippen molar-refractivity contribution in [2.24, 2.45) is 0 Å². The molecule has 2 aliphatic rings. The summed E-state index contributed by atoms with van der Waals surface area (Å²) in [5, 5.41) is 1.21. The lowest BCUT2D eigenvalue weighted by molar-refractivity contribution is 0.644. The number of thiazole rings is 1. The van der Waals surface area contributed by atoms with Gasteiger partial charge in [0.25, 0.3) is 0 Å². The Morgan fingerprint density at radius 1 is 1.00 bits per heavy atom. The van der Waals surface area contributed by atoms with Crippen LogP contribution < -0.4 is 14.7 Å². The summed E-state index contributed by atoms with van der Waals surface area (Å²) in [4.78, 5) is 22.3. The Balaban J connectivity index is 1.46. The van der Waals surface area contributed by atoms with Crippen molar-refractivity contribution in [3.8, 4) is 0 Å². The van der Waals surface area contributed by atoms with E-state index in [1.807, 2.05) is 37.3 Å². The first-order valence-electron chi connectivity index (χ1n) is 8.61. The van der Waals surface area contributed by atoms with Crippen LogP contribution in [0.25, 0.3) is 0 Å². The molecule has 1 aliphatic heterocycles. The number of aromatic nitrogens is 3. The number of nitrogens with zero attached hydrogens (tertiary/aromatic N) is 6. The summed E-state index contributed by atoms with van der Waals surface area (Å²) in [5.74, 6) is 1.82. The lowest BCUT2D eigenvalue weighted by Crippen LogP contribution is -2.47. The van der Waals surface area contributed by atoms with Gasteiger partial charge in [0.05, 0.1) is 5.69 Å². The van der Waals surface area contributed by atoms with E-state index in [4.69, 9.17) is 9.97 Å². The Morgan fingerprint density at radius 3 is 2.46 bits per heavy atom. The first kappa shape index (κ1) is 15.6. The second kappa shape index (κ2) is 6.20. The summed E-state index contributed by atoms with van der Waals surface area (Å²) >= 11 is 1.90. The molecule has 1 aliphatic carbocycles. The number of piperazine rings is 1. The quantitative estimate of drug-likeness (QED) is 0.850. The number of hydrogen-bond donors (Lipinski definition) is 0. The molecule has 4 rings (SSSR count). The number of fused-ring (bicyclic) bond motifs is 1. The van der Waals surface area contributed by atoms with Crippen molar-refractivity contribution in [1.82, 2.24) is 15.0 Å². The molecule has 128 valence electrons. The number of rotatable bonds is 3. The van der Waals surface area contributed by atoms with Gasteiger partial charge >= 0.3 is 0 Å². The fourth-order valence-electron chi connectivity index (χ4n) is 3.34. The van der Waals surface area contributed by atoms with Gasteiger partial charge in [-0.25, -0.2) is 9.97 Å². The van der Waals surface area contributed by atoms with Gasteiger partial charge in [-0.2, -0.15) is 4.98 Å². The molecule has 0 amide bonds. The van der Waals surface area contributed by atoms with Crippen molar-refractivity contribution in [3.05, 3.63) is 22.3 Å². The molecular weight excluding hydrogens is 320 g/mol. The highest BCUT2D eigenvalue weighted by atomic mass is 32.1. The van der Waals surface area contributed by atoms with Crippen LogP contribution in [0, 0.1) is 6.92 Å². The third-order valence-electron chi connectivity index (χ3n) is 4.69. The van der Waals surface area contributed by atoms with E-state index in [1.54, 1.807) is 0 Å². The zero-order chi connectivity index (χ0) is 16.7. The van der Waals surface area contributed by atoms with Gasteiger partial charge < -0.3 is 14.7 Å². The Kier molecular flexibility index (Phi) is 4.04. The van der Waals surface area contributed by atoms with E-state index in [-0.39, 0.29) is 0 Å². The van der Waals surface area contributed by atoms with Crippen LogP contribution in [0.5, 0.6) is 0 Å². The number of hydrogen-bond acceptors (Lipinski definition) is 7. The summed E-state index contributed by atoms with van der Waals surface area (Å²) in [5.41, 5.74) is 2.36. The highest BCUT2D eigenvalue weighted by Gasteiger charge is 2.24. The second-order valence-corrected chi connectivity index (χ2v) is 7.82. The Morgan fingerprint density at radius 2 is 1.75 bits per heavy atom. The smallest absolute Gasteiger partial charge is 0.226 e. The minimum absolute atomic E-state index is 0.781. The average Bonchev–Trinajstić information content (AvgIpc) is 3.16. The van der Waals surface area contributed by atoms with Crippen molar-refractivity contribution in [2.45, 2.75) is 26.2 Å². The molecule has 7 heteroatoms. The molecule has 1 saturated heterocycles. The summed E-state index contributed by atoms with van der Waals surface area (Å²) in [6.45, 7) is 6.01. The minimum atomic E-state index is 0.781. The van der Waals surface area contributed by atoms with Gasteiger partial charge in [0.2, 0.25) is 5.95 Å². The normalized spacial score (nSPS) is 17.3. The summed E-state index contributed by atoms with van der Waals surface area (Å²) < 4.78 is 0. The van der Waals surface area contributed by atoms with Crippen LogP contribution in [-0.4, -0.2) is 55.2 Å². The molecule has 0 saturated carbocycles. The van der Waals surface area contributed by atoms with Crippen LogP contribution in [0.4, 0.5) is 16.9 Å². The Labute approximate surface area is 147 Å². The second-order valence-electron chi connectivity index (χ2n) is 6.76. The standard InChI is InChI=1S/C17H24N6S/c1-12-11-15(20-16(18-12)21(2)3)22-7-9-23(10-8-22)17-19-13-5-4-6-14(13)24-17/h11H,4-10H2,1-3H3. The van der Waals surface area contributed by atoms with Gasteiger partial charge in [-0.15, -0.1) is 11.3 Å². The summed E-state index contributed by atoms with van der Waals surface area (Å²) in [7, 11) is 3.97. The zero-order valence-corrected chi connectivity index (χ0v) is 15.4. The molecule has 0 unspecified atom stereocenters. The van der Waals surface area contributed by atoms with Gasteiger partial charge in [-0.05, 0) is 26.2 Å². The molecular formula is C17H24N6S. The van der Waals surface area contributed by atoms with Gasteiger partial charge in [0.15, 0.2) is 5.13 Å². The molecule has 2 aromatic rings. The van der Waals surface area contributed by atoms with Gasteiger partial charge in [0.1, 0.15) is 5.82 Å². The van der Waals surface area contributed by atoms with E-state index < -0.39 is 0 Å². The van der Waals surface area contributed by atoms with Gasteiger partial charge in [-0.3, -0.25) is 0 Å². The summed E-state index contributed by atoms with van der Waals surface area (Å²) in [6, 6.07) is 2.08. The van der Waals surface area contributed by atoms with Crippen LogP contribution in [0.2, 0.25) is 0 Å². The molecule has 1 fully saturated rings. The molecule has 24 heavy (non-hydrogen) atoms. The van der Waals surface area contributed by atoms with E-state index in [0.29, 0.717) is 0 Å². The topological polar surface area (TPSA) is 48.4 Å². The van der Waals surface area contributed by atoms with E-state index in [2.05, 4.69) is 20.9 Å². The van der Waals surface area contributed by atoms with Crippen molar-refractivity contribution in [2.75, 3.05) is 55.0 Å². The molecule has 0 aromatic carbocycles. The van der Waals surface area contributed by atoms with Gasteiger partial charge in [-0.1, -0.05) is 0 Å². The molecule has 0 N–H and O–H groups in total. The third kappa shape index (κ3) is 2.92. The first-order chi connectivity index (χ1) is 11.6. The maximum atomic E-state index is 4.86. The number of anilines is 3. The fourth-order valence-corrected chi connectivity index (χ4v) is 4.54. The molecule has 2 aromatic heterocycles. The molecule has 6 nitrogen and oxygen atoms in total. The van der Waals surface area contributed by atoms with E-state index in [9.17, 15) is 0 Å². The SMILES string of the molecule is Cc1cc(N2CCN(c3nc4c(s3)CCC4)CC2)nc(N(C)C)n1. The highest BCUT2D eigenvalue weighted by Crippen LogP contribution is 2.33. The molecule has 0 spiro atoms. The molecule has 0 bridgehead atoms. The monoisotopic (exact) mass is 344 g/mol. The zero-order valence-electron chi connectivity index (χ0n) is 14.6. The minimum Gasteiger partial charge on any atom is -0.353 e. The third-order valence-corrected chi connectivity index (χ3v) is 5.91. The van der Waals surface area contributed by atoms with Crippen LogP contribution in [0.1, 0.15) is 22.7 Å². The first-order valence-corrected chi connectivity index (χ1v) is 9.43.